The Kier molecular flexibility index (Phi) is 12.7. The van der Waals surface area contributed by atoms with Crippen molar-refractivity contribution in [2.24, 2.45) is 0 Å². The van der Waals surface area contributed by atoms with E-state index in [1.165, 1.54) is 50.6 Å². The van der Waals surface area contributed by atoms with Crippen LogP contribution in [0.15, 0.2) is 200 Å². The molecule has 0 fully saturated rings. The van der Waals surface area contributed by atoms with Gasteiger partial charge in [-0.3, -0.25) is 0 Å². The molecule has 0 unspecified atom stereocenters. The van der Waals surface area contributed by atoms with Crippen LogP contribution in [0, 0.1) is 73.6 Å². The molecule has 0 saturated carbocycles. The van der Waals surface area contributed by atoms with E-state index < -0.39 is 11.7 Å². The first-order valence-corrected chi connectivity index (χ1v) is 28.3. The number of rotatable bonds is 8. The van der Waals surface area contributed by atoms with Gasteiger partial charge in [-0.2, -0.15) is 18.4 Å². The lowest BCUT2D eigenvalue weighted by atomic mass is 9.91. The van der Waals surface area contributed by atoms with Crippen molar-refractivity contribution in [1.82, 2.24) is 9.13 Å². The molecule has 13 aromatic rings. The molecule has 2 heterocycles. The fourth-order valence-electron chi connectivity index (χ4n) is 13.1. The Balaban J connectivity index is 1.10. The molecule has 6 heteroatoms. The largest absolute Gasteiger partial charge is 0.417 e. The summed E-state index contributed by atoms with van der Waals surface area (Å²) in [5, 5.41) is 15.5. The molecule has 0 amide bonds. The van der Waals surface area contributed by atoms with Crippen LogP contribution >= 0.6 is 0 Å². The van der Waals surface area contributed by atoms with Gasteiger partial charge >= 0.3 is 6.18 Å². The molecule has 0 spiro atoms. The Morgan fingerprint density at radius 3 is 1.04 bits per heavy atom. The Morgan fingerprint density at radius 2 is 0.663 bits per heavy atom. The van der Waals surface area contributed by atoms with Crippen LogP contribution in [0.1, 0.15) is 61.2 Å². The van der Waals surface area contributed by atoms with Crippen molar-refractivity contribution in [1.29, 1.82) is 5.26 Å². The third-order valence-corrected chi connectivity index (χ3v) is 17.0. The molecule has 0 saturated heterocycles. The minimum atomic E-state index is -4.63. The van der Waals surface area contributed by atoms with Crippen LogP contribution in [0.5, 0.6) is 0 Å². The maximum Gasteiger partial charge on any atom is 0.417 e. The van der Waals surface area contributed by atoms with Crippen LogP contribution in [0.3, 0.4) is 0 Å². The number of fused-ring (bicyclic) bond motifs is 6. The number of hydrogen-bond acceptors (Lipinski definition) is 1. The Hall–Kier alpha value is -9.70. The van der Waals surface area contributed by atoms with Gasteiger partial charge in [0.25, 0.3) is 0 Å². The number of aromatic nitrogens is 2. The summed E-state index contributed by atoms with van der Waals surface area (Å²) in [6, 6.07) is 71.3. The average molecular weight is 1080 g/mol. The van der Waals surface area contributed by atoms with Crippen molar-refractivity contribution < 1.29 is 13.2 Å². The number of alkyl halides is 3. The second kappa shape index (κ2) is 20.1. The van der Waals surface area contributed by atoms with Crippen LogP contribution in [0.25, 0.3) is 122 Å². The van der Waals surface area contributed by atoms with Crippen molar-refractivity contribution in [3.63, 3.8) is 0 Å². The van der Waals surface area contributed by atoms with Crippen molar-refractivity contribution in [2.45, 2.75) is 68.5 Å². The van der Waals surface area contributed by atoms with Gasteiger partial charge in [0.1, 0.15) is 0 Å². The molecule has 404 valence electrons. The zero-order chi connectivity index (χ0) is 57.7. The van der Waals surface area contributed by atoms with Gasteiger partial charge in [0.2, 0.25) is 0 Å². The summed E-state index contributed by atoms with van der Waals surface area (Å²) in [4.78, 5) is 0. The van der Waals surface area contributed by atoms with E-state index in [2.05, 4.69) is 222 Å². The van der Waals surface area contributed by atoms with E-state index in [0.29, 0.717) is 27.8 Å². The summed E-state index contributed by atoms with van der Waals surface area (Å²) < 4.78 is 50.2. The number of nitriles is 1. The Bertz CT molecular complexity index is 4680. The van der Waals surface area contributed by atoms with Crippen LogP contribution < -0.4 is 0 Å². The maximum absolute atomic E-state index is 15.2. The fraction of sp³-hybridized carbons (Fsp3) is 0.130. The maximum atomic E-state index is 15.2. The van der Waals surface area contributed by atoms with E-state index in [1.54, 1.807) is 25.1 Å². The first-order chi connectivity index (χ1) is 39.9. The minimum absolute atomic E-state index is 0.0608. The fourth-order valence-corrected chi connectivity index (χ4v) is 13.1. The van der Waals surface area contributed by atoms with Crippen molar-refractivity contribution >= 4 is 43.6 Å². The van der Waals surface area contributed by atoms with Crippen molar-refractivity contribution in [2.75, 3.05) is 0 Å². The molecule has 2 aromatic heterocycles. The Labute approximate surface area is 482 Å². The molecule has 0 aliphatic carbocycles. The molecule has 0 aliphatic heterocycles. The predicted octanol–water partition coefficient (Wildman–Crippen LogP) is 21.5. The molecular weight excluding hydrogens is 1020 g/mol. The predicted molar refractivity (Wildman–Crippen MR) is 340 cm³/mol. The van der Waals surface area contributed by atoms with E-state index >= 15 is 13.2 Å². The van der Waals surface area contributed by atoms with Gasteiger partial charge in [0, 0.05) is 38.4 Å². The molecule has 0 N–H and O–H groups in total. The van der Waals surface area contributed by atoms with Gasteiger partial charge in [0.15, 0.2) is 0 Å². The first-order valence-electron chi connectivity index (χ1n) is 28.3. The van der Waals surface area contributed by atoms with Crippen LogP contribution in [0.2, 0.25) is 0 Å². The van der Waals surface area contributed by atoms with Gasteiger partial charge in [-0.05, 0) is 225 Å². The standard InChI is InChI=1S/C77H60F3N3/c1-44-10-22-60(49(6)32-44)53-16-27-72-67(37-53)68-38-54(61-23-11-45(2)33-50(61)7)17-28-73(68)82(72)59-21-15-58(43-81)65(42-59)66-41-57(64-26-14-48(5)36-71(64)77(78,79)80)20-31-74(66)83-75-29-18-55(62-24-12-46(3)34-51(62)8)39-69(75)70-40-56(19-30-76(70)83)63-25-13-47(4)35-52(63)9/h10-42H,1-9H3. The lowest BCUT2D eigenvalue weighted by Crippen LogP contribution is -2.08. The molecule has 0 radical (unpaired) electrons. The average Bonchev–Trinajstić information content (AvgIpc) is 4.15. The minimum Gasteiger partial charge on any atom is -0.309 e. The van der Waals surface area contributed by atoms with Gasteiger partial charge in [-0.15, -0.1) is 0 Å². The summed E-state index contributed by atoms with van der Waals surface area (Å²) in [5.41, 5.74) is 25.6. The lowest BCUT2D eigenvalue weighted by molar-refractivity contribution is -0.137. The topological polar surface area (TPSA) is 33.6 Å². The highest BCUT2D eigenvalue weighted by Gasteiger charge is 2.34. The smallest absolute Gasteiger partial charge is 0.309 e. The summed E-state index contributed by atoms with van der Waals surface area (Å²) in [7, 11) is 0. The second-order valence-electron chi connectivity index (χ2n) is 23.0. The highest BCUT2D eigenvalue weighted by molar-refractivity contribution is 6.14. The van der Waals surface area contributed by atoms with Gasteiger partial charge in [-0.25, -0.2) is 0 Å². The van der Waals surface area contributed by atoms with Crippen molar-refractivity contribution in [3.05, 3.63) is 261 Å². The monoisotopic (exact) mass is 1080 g/mol. The quantitative estimate of drug-likeness (QED) is 0.149. The zero-order valence-corrected chi connectivity index (χ0v) is 48.0. The van der Waals surface area contributed by atoms with Crippen LogP contribution in [-0.4, -0.2) is 9.13 Å². The number of benzene rings is 11. The molecule has 0 aliphatic rings. The van der Waals surface area contributed by atoms with E-state index in [-0.39, 0.29) is 5.56 Å². The summed E-state index contributed by atoms with van der Waals surface area (Å²) in [6.07, 6.45) is -4.63. The highest BCUT2D eigenvalue weighted by Crippen LogP contribution is 2.46. The molecule has 0 atom stereocenters. The van der Waals surface area contributed by atoms with Crippen LogP contribution in [-0.2, 0) is 6.18 Å². The summed E-state index contributed by atoms with van der Waals surface area (Å²) >= 11 is 0. The molecule has 83 heavy (non-hydrogen) atoms. The van der Waals surface area contributed by atoms with E-state index in [0.717, 1.165) is 99.5 Å². The van der Waals surface area contributed by atoms with E-state index in [9.17, 15) is 5.26 Å². The highest BCUT2D eigenvalue weighted by atomic mass is 19.4. The summed E-state index contributed by atoms with van der Waals surface area (Å²) in [5.74, 6) is 0. The van der Waals surface area contributed by atoms with Gasteiger partial charge < -0.3 is 9.13 Å². The first kappa shape index (κ1) is 52.7. The second-order valence-corrected chi connectivity index (χ2v) is 23.0. The lowest BCUT2D eigenvalue weighted by Gasteiger charge is -2.20. The molecular formula is C77H60F3N3. The third kappa shape index (κ3) is 9.18. The SMILES string of the molecule is Cc1ccc(-c2ccc3c(c2)c2cc(-c4ccc(C)cc4C)ccc2n3-c2ccc(C#N)c(-c3cc(-c4ccc(C)cc4C(F)(F)F)ccc3-n3c4ccc(-c5ccc(C)cc5C)cc4c4cc(-c5ccc(C)cc5C)ccc43)c2)c(C)c1. The number of nitrogens with zero attached hydrogens (tertiary/aromatic N) is 3. The number of aryl methyl sites for hydroxylation is 9. The van der Waals surface area contributed by atoms with Gasteiger partial charge in [-0.1, -0.05) is 143 Å². The molecule has 0 bridgehead atoms. The summed E-state index contributed by atoms with van der Waals surface area (Å²) in [6.45, 7) is 18.7. The molecule has 13 rings (SSSR count). The molecule has 11 aromatic carbocycles. The number of hydrogen-bond donors (Lipinski definition) is 0. The zero-order valence-electron chi connectivity index (χ0n) is 48.0. The van der Waals surface area contributed by atoms with E-state index in [4.69, 9.17) is 0 Å². The molecule has 3 nitrogen and oxygen atoms in total. The Morgan fingerprint density at radius 1 is 0.313 bits per heavy atom. The van der Waals surface area contributed by atoms with Crippen molar-refractivity contribution in [3.8, 4) is 84.2 Å². The normalized spacial score (nSPS) is 11.8. The third-order valence-electron chi connectivity index (χ3n) is 17.0. The van der Waals surface area contributed by atoms with E-state index in [1.807, 2.05) is 24.3 Å². The van der Waals surface area contributed by atoms with Crippen LogP contribution in [0.4, 0.5) is 13.2 Å². The number of halogens is 3. The van der Waals surface area contributed by atoms with Gasteiger partial charge in [0.05, 0.1) is 45.0 Å².